The number of benzene rings is 1. The Morgan fingerprint density at radius 3 is 2.68 bits per heavy atom. The number of rotatable bonds is 3. The Kier molecular flexibility index (Phi) is 5.39. The maximum atomic E-state index is 11.9. The summed E-state index contributed by atoms with van der Waals surface area (Å²) in [6.45, 7) is 2.71. The van der Waals surface area contributed by atoms with Gasteiger partial charge in [0.15, 0.2) is 0 Å². The van der Waals surface area contributed by atoms with Crippen LogP contribution in [-0.2, 0) is 14.3 Å². The molecule has 3 N–H and O–H groups in total. The molecule has 1 saturated heterocycles. The third-order valence-corrected chi connectivity index (χ3v) is 3.89. The summed E-state index contributed by atoms with van der Waals surface area (Å²) in [4.78, 5) is 23.7. The van der Waals surface area contributed by atoms with Crippen molar-refractivity contribution in [3.63, 3.8) is 0 Å². The molecular weight excluding hydrogens is 308 g/mol. The average Bonchev–Trinajstić information content (AvgIpc) is 2.49. The van der Waals surface area contributed by atoms with Gasteiger partial charge >= 0.3 is 11.8 Å². The van der Waals surface area contributed by atoms with E-state index in [4.69, 9.17) is 16.3 Å². The zero-order valence-corrected chi connectivity index (χ0v) is 13.1. The van der Waals surface area contributed by atoms with Crippen LogP contribution in [0.1, 0.15) is 18.4 Å². The second kappa shape index (κ2) is 7.09. The average molecular weight is 327 g/mol. The van der Waals surface area contributed by atoms with Crippen LogP contribution in [0.4, 0.5) is 5.69 Å². The number of hydrogen-bond acceptors (Lipinski definition) is 4. The van der Waals surface area contributed by atoms with Gasteiger partial charge in [0.05, 0.1) is 5.60 Å². The number of carbonyl (C=O) groups excluding carboxylic acids is 2. The molecule has 0 radical (unpaired) electrons. The van der Waals surface area contributed by atoms with E-state index >= 15 is 0 Å². The minimum absolute atomic E-state index is 0.0249. The quantitative estimate of drug-likeness (QED) is 0.729. The van der Waals surface area contributed by atoms with Gasteiger partial charge in [-0.05, 0) is 24.6 Å². The van der Waals surface area contributed by atoms with Crippen LogP contribution in [0, 0.1) is 6.92 Å². The normalized spacial score (nSPS) is 16.9. The van der Waals surface area contributed by atoms with Gasteiger partial charge in [0.2, 0.25) is 0 Å². The van der Waals surface area contributed by atoms with E-state index in [-0.39, 0.29) is 6.54 Å². The Morgan fingerprint density at radius 2 is 2.00 bits per heavy atom. The van der Waals surface area contributed by atoms with E-state index in [0.29, 0.717) is 36.8 Å². The van der Waals surface area contributed by atoms with E-state index in [0.717, 1.165) is 5.56 Å². The molecule has 6 nitrogen and oxygen atoms in total. The van der Waals surface area contributed by atoms with Gasteiger partial charge in [-0.3, -0.25) is 9.59 Å². The predicted molar refractivity (Wildman–Crippen MR) is 82.8 cm³/mol. The molecule has 22 heavy (non-hydrogen) atoms. The highest BCUT2D eigenvalue weighted by Crippen LogP contribution is 2.21. The largest absolute Gasteiger partial charge is 0.388 e. The molecule has 7 heteroatoms. The minimum Gasteiger partial charge on any atom is -0.388 e. The van der Waals surface area contributed by atoms with Gasteiger partial charge in [-0.2, -0.15) is 0 Å². The second-order valence-electron chi connectivity index (χ2n) is 5.43. The van der Waals surface area contributed by atoms with Crippen molar-refractivity contribution in [2.24, 2.45) is 0 Å². The van der Waals surface area contributed by atoms with Gasteiger partial charge in [0, 0.05) is 43.3 Å². The van der Waals surface area contributed by atoms with Crippen LogP contribution in [0.25, 0.3) is 0 Å². The number of amides is 2. The molecule has 0 atom stereocenters. The van der Waals surface area contributed by atoms with Crippen LogP contribution in [-0.4, -0.2) is 42.3 Å². The molecule has 1 fully saturated rings. The number of halogens is 1. The van der Waals surface area contributed by atoms with Crippen molar-refractivity contribution < 1.29 is 19.4 Å². The third-order valence-electron chi connectivity index (χ3n) is 3.66. The van der Waals surface area contributed by atoms with Crippen molar-refractivity contribution in [2.45, 2.75) is 25.4 Å². The van der Waals surface area contributed by atoms with Crippen LogP contribution >= 0.6 is 11.6 Å². The number of aryl methyl sites for hydroxylation is 1. The Bertz CT molecular complexity index is 571. The molecule has 0 aliphatic carbocycles. The lowest BCUT2D eigenvalue weighted by molar-refractivity contribution is -0.137. The molecule has 0 bridgehead atoms. The SMILES string of the molecule is Cc1ccc(Cl)cc1NC(=O)C(=O)NCC1(O)CCOCC1. The third kappa shape index (κ3) is 4.43. The minimum atomic E-state index is -1.01. The number of aliphatic hydroxyl groups is 1. The molecule has 1 aliphatic rings. The standard InChI is InChI=1S/C15H19ClN2O4/c1-10-2-3-11(16)8-12(10)18-14(20)13(19)17-9-15(21)4-6-22-7-5-15/h2-3,8,21H,4-7,9H2,1H3,(H,17,19)(H,18,20). The zero-order valence-electron chi connectivity index (χ0n) is 12.3. The Labute approximate surface area is 133 Å². The molecule has 1 aromatic rings. The summed E-state index contributed by atoms with van der Waals surface area (Å²) >= 11 is 5.86. The molecule has 1 aliphatic heterocycles. The van der Waals surface area contributed by atoms with Crippen LogP contribution in [0.2, 0.25) is 5.02 Å². The van der Waals surface area contributed by atoms with E-state index in [1.807, 2.05) is 0 Å². The van der Waals surface area contributed by atoms with E-state index in [1.54, 1.807) is 25.1 Å². The summed E-state index contributed by atoms with van der Waals surface area (Å²) in [5.74, 6) is -1.58. The summed E-state index contributed by atoms with van der Waals surface area (Å²) < 4.78 is 5.16. The van der Waals surface area contributed by atoms with Crippen molar-refractivity contribution >= 4 is 29.1 Å². The molecule has 0 spiro atoms. The number of hydrogen-bond donors (Lipinski definition) is 3. The molecule has 120 valence electrons. The van der Waals surface area contributed by atoms with Gasteiger partial charge in [-0.15, -0.1) is 0 Å². The van der Waals surface area contributed by atoms with Crippen LogP contribution < -0.4 is 10.6 Å². The molecule has 0 aromatic heterocycles. The molecule has 1 aromatic carbocycles. The fraction of sp³-hybridized carbons (Fsp3) is 0.467. The van der Waals surface area contributed by atoms with E-state index in [1.165, 1.54) is 0 Å². The molecule has 0 unspecified atom stereocenters. The Hall–Kier alpha value is -1.63. The Morgan fingerprint density at radius 1 is 1.32 bits per heavy atom. The first kappa shape index (κ1) is 16.7. The van der Waals surface area contributed by atoms with Gasteiger partial charge in [-0.1, -0.05) is 17.7 Å². The number of ether oxygens (including phenoxy) is 1. The van der Waals surface area contributed by atoms with E-state index in [9.17, 15) is 14.7 Å². The topological polar surface area (TPSA) is 87.7 Å². The van der Waals surface area contributed by atoms with Crippen molar-refractivity contribution in [3.05, 3.63) is 28.8 Å². The maximum absolute atomic E-state index is 11.9. The first-order valence-electron chi connectivity index (χ1n) is 7.05. The van der Waals surface area contributed by atoms with Crippen LogP contribution in [0.15, 0.2) is 18.2 Å². The molecular formula is C15H19ClN2O4. The monoisotopic (exact) mass is 326 g/mol. The summed E-state index contributed by atoms with van der Waals surface area (Å²) in [6.07, 6.45) is 0.866. The lowest BCUT2D eigenvalue weighted by atomic mass is 9.94. The highest BCUT2D eigenvalue weighted by Gasteiger charge is 2.31. The predicted octanol–water partition coefficient (Wildman–Crippen LogP) is 1.24. The second-order valence-corrected chi connectivity index (χ2v) is 5.87. The summed E-state index contributed by atoms with van der Waals surface area (Å²) in [6, 6.07) is 5.03. The van der Waals surface area contributed by atoms with Gasteiger partial charge in [-0.25, -0.2) is 0 Å². The summed E-state index contributed by atoms with van der Waals surface area (Å²) in [5.41, 5.74) is 0.270. The highest BCUT2D eigenvalue weighted by atomic mass is 35.5. The van der Waals surface area contributed by atoms with Crippen molar-refractivity contribution in [2.75, 3.05) is 25.1 Å². The van der Waals surface area contributed by atoms with E-state index < -0.39 is 17.4 Å². The number of anilines is 1. The van der Waals surface area contributed by atoms with Crippen molar-refractivity contribution in [1.29, 1.82) is 0 Å². The molecule has 2 amide bonds. The smallest absolute Gasteiger partial charge is 0.313 e. The lowest BCUT2D eigenvalue weighted by Gasteiger charge is -2.31. The highest BCUT2D eigenvalue weighted by molar-refractivity contribution is 6.40. The molecule has 0 saturated carbocycles. The van der Waals surface area contributed by atoms with Gasteiger partial charge in [0.25, 0.3) is 0 Å². The summed E-state index contributed by atoms with van der Waals surface area (Å²) in [7, 11) is 0. The number of nitrogens with one attached hydrogen (secondary N) is 2. The van der Waals surface area contributed by atoms with Crippen molar-refractivity contribution in [3.8, 4) is 0 Å². The summed E-state index contributed by atoms with van der Waals surface area (Å²) in [5, 5.41) is 15.7. The zero-order chi connectivity index (χ0) is 16.2. The van der Waals surface area contributed by atoms with Crippen molar-refractivity contribution in [1.82, 2.24) is 5.32 Å². The van der Waals surface area contributed by atoms with Crippen LogP contribution in [0.5, 0.6) is 0 Å². The fourth-order valence-electron chi connectivity index (χ4n) is 2.16. The first-order chi connectivity index (χ1) is 10.4. The lowest BCUT2D eigenvalue weighted by Crippen LogP contribution is -2.48. The van der Waals surface area contributed by atoms with Crippen LogP contribution in [0.3, 0.4) is 0 Å². The van der Waals surface area contributed by atoms with Gasteiger partial charge < -0.3 is 20.5 Å². The molecule has 1 heterocycles. The number of carbonyl (C=O) groups is 2. The van der Waals surface area contributed by atoms with E-state index in [2.05, 4.69) is 10.6 Å². The molecule has 2 rings (SSSR count). The fourth-order valence-corrected chi connectivity index (χ4v) is 2.33. The maximum Gasteiger partial charge on any atom is 0.313 e. The first-order valence-corrected chi connectivity index (χ1v) is 7.43. The Balaban J connectivity index is 1.89. The van der Waals surface area contributed by atoms with Gasteiger partial charge in [0.1, 0.15) is 0 Å².